The first-order valence-electron chi connectivity index (χ1n) is 4.49. The molecule has 2 N–H and O–H groups in total. The molecule has 0 aromatic heterocycles. The van der Waals surface area contributed by atoms with Gasteiger partial charge in [0.1, 0.15) is 10.6 Å². The number of rotatable bonds is 3. The summed E-state index contributed by atoms with van der Waals surface area (Å²) in [4.78, 5) is 11.2. The molecule has 5 nitrogen and oxygen atoms in total. The van der Waals surface area contributed by atoms with E-state index in [9.17, 15) is 13.2 Å². The number of hydrogen-bond donors (Lipinski definition) is 1. The Labute approximate surface area is 94.3 Å². The van der Waals surface area contributed by atoms with Crippen LogP contribution in [0.5, 0.6) is 5.75 Å². The zero-order valence-corrected chi connectivity index (χ0v) is 10.1. The molecule has 0 saturated heterocycles. The number of ether oxygens (including phenoxy) is 1. The molecule has 0 atom stereocenters. The first kappa shape index (κ1) is 12.7. The summed E-state index contributed by atoms with van der Waals surface area (Å²) in [7, 11) is -2.60. The van der Waals surface area contributed by atoms with E-state index in [1.807, 2.05) is 0 Å². The second-order valence-electron chi connectivity index (χ2n) is 3.45. The Morgan fingerprint density at radius 2 is 1.94 bits per heavy atom. The SMILES string of the molecule is COc1c(C(C)=O)cc(C)cc1S(N)(=O)=O. The van der Waals surface area contributed by atoms with Crippen LogP contribution in [-0.2, 0) is 10.0 Å². The van der Waals surface area contributed by atoms with Gasteiger partial charge in [0.2, 0.25) is 10.0 Å². The molecule has 0 amide bonds. The van der Waals surface area contributed by atoms with Crippen LogP contribution in [0, 0.1) is 6.92 Å². The highest BCUT2D eigenvalue weighted by atomic mass is 32.2. The Morgan fingerprint density at radius 3 is 2.31 bits per heavy atom. The van der Waals surface area contributed by atoms with Gasteiger partial charge in [0, 0.05) is 0 Å². The van der Waals surface area contributed by atoms with Crippen molar-refractivity contribution in [2.24, 2.45) is 5.14 Å². The lowest BCUT2D eigenvalue weighted by molar-refractivity contribution is 0.101. The molecule has 0 fully saturated rings. The summed E-state index contributed by atoms with van der Waals surface area (Å²) in [5, 5.41) is 5.05. The van der Waals surface area contributed by atoms with Crippen LogP contribution in [0.2, 0.25) is 0 Å². The Kier molecular flexibility index (Phi) is 3.35. The summed E-state index contributed by atoms with van der Waals surface area (Å²) in [6, 6.07) is 2.94. The van der Waals surface area contributed by atoms with Crippen LogP contribution in [0.1, 0.15) is 22.8 Å². The molecule has 1 aromatic carbocycles. The number of nitrogens with two attached hydrogens (primary N) is 1. The maximum absolute atomic E-state index is 11.3. The second-order valence-corrected chi connectivity index (χ2v) is 4.97. The van der Waals surface area contributed by atoms with Crippen molar-refractivity contribution in [2.75, 3.05) is 7.11 Å². The topological polar surface area (TPSA) is 86.5 Å². The van der Waals surface area contributed by atoms with Crippen LogP contribution >= 0.6 is 0 Å². The fourth-order valence-corrected chi connectivity index (χ4v) is 2.23. The summed E-state index contributed by atoms with van der Waals surface area (Å²) in [6.45, 7) is 3.02. The van der Waals surface area contributed by atoms with Gasteiger partial charge in [0.15, 0.2) is 5.78 Å². The minimum absolute atomic E-state index is 0.000556. The molecule has 0 bridgehead atoms. The second kappa shape index (κ2) is 4.23. The number of carbonyl (C=O) groups excluding carboxylic acids is 1. The number of carbonyl (C=O) groups is 1. The molecule has 0 saturated carbocycles. The number of primary sulfonamides is 1. The van der Waals surface area contributed by atoms with E-state index in [4.69, 9.17) is 9.88 Å². The zero-order valence-electron chi connectivity index (χ0n) is 9.27. The largest absolute Gasteiger partial charge is 0.495 e. The number of ketones is 1. The van der Waals surface area contributed by atoms with Gasteiger partial charge in [-0.15, -0.1) is 0 Å². The van der Waals surface area contributed by atoms with Gasteiger partial charge in [-0.1, -0.05) is 0 Å². The van der Waals surface area contributed by atoms with E-state index in [2.05, 4.69) is 0 Å². The Morgan fingerprint density at radius 1 is 1.38 bits per heavy atom. The molecular formula is C10H13NO4S. The van der Waals surface area contributed by atoms with Crippen molar-refractivity contribution in [2.45, 2.75) is 18.7 Å². The van der Waals surface area contributed by atoms with E-state index in [-0.39, 0.29) is 22.0 Å². The predicted molar refractivity (Wildman–Crippen MR) is 59.1 cm³/mol. The molecule has 0 aliphatic heterocycles. The highest BCUT2D eigenvalue weighted by Crippen LogP contribution is 2.29. The number of benzene rings is 1. The zero-order chi connectivity index (χ0) is 12.5. The first-order valence-corrected chi connectivity index (χ1v) is 6.04. The van der Waals surface area contributed by atoms with E-state index in [1.54, 1.807) is 13.0 Å². The monoisotopic (exact) mass is 243 g/mol. The molecule has 88 valence electrons. The van der Waals surface area contributed by atoms with Gasteiger partial charge in [-0.3, -0.25) is 4.79 Å². The molecular weight excluding hydrogens is 230 g/mol. The summed E-state index contributed by atoms with van der Waals surface area (Å²) >= 11 is 0. The summed E-state index contributed by atoms with van der Waals surface area (Å²) < 4.78 is 27.6. The van der Waals surface area contributed by atoms with Crippen molar-refractivity contribution < 1.29 is 17.9 Å². The molecule has 16 heavy (non-hydrogen) atoms. The van der Waals surface area contributed by atoms with Crippen LogP contribution in [0.3, 0.4) is 0 Å². The maximum Gasteiger partial charge on any atom is 0.241 e. The quantitative estimate of drug-likeness (QED) is 0.797. The van der Waals surface area contributed by atoms with Crippen molar-refractivity contribution in [1.29, 1.82) is 0 Å². The number of sulfonamides is 1. The highest BCUT2D eigenvalue weighted by molar-refractivity contribution is 7.89. The lowest BCUT2D eigenvalue weighted by atomic mass is 10.1. The normalized spacial score (nSPS) is 11.2. The summed E-state index contributed by atoms with van der Waals surface area (Å²) in [5.74, 6) is -0.272. The van der Waals surface area contributed by atoms with Gasteiger partial charge in [0.05, 0.1) is 12.7 Å². The molecule has 0 aliphatic carbocycles. The van der Waals surface area contributed by atoms with Crippen molar-refractivity contribution in [3.05, 3.63) is 23.3 Å². The van der Waals surface area contributed by atoms with Crippen molar-refractivity contribution in [3.63, 3.8) is 0 Å². The van der Waals surface area contributed by atoms with Crippen molar-refractivity contribution >= 4 is 15.8 Å². The number of methoxy groups -OCH3 is 1. The molecule has 0 heterocycles. The predicted octanol–water partition coefficient (Wildman–Crippen LogP) is 0.854. The maximum atomic E-state index is 11.3. The third kappa shape index (κ3) is 2.40. The van der Waals surface area contributed by atoms with E-state index in [0.29, 0.717) is 5.56 Å². The van der Waals surface area contributed by atoms with Gasteiger partial charge in [-0.2, -0.15) is 0 Å². The van der Waals surface area contributed by atoms with Crippen LogP contribution in [-0.4, -0.2) is 21.3 Å². The number of aryl methyl sites for hydroxylation is 1. The summed E-state index contributed by atoms with van der Waals surface area (Å²) in [6.07, 6.45) is 0. The van der Waals surface area contributed by atoms with E-state index < -0.39 is 10.0 Å². The Hall–Kier alpha value is -1.40. The fraction of sp³-hybridized carbons (Fsp3) is 0.300. The van der Waals surface area contributed by atoms with E-state index in [1.165, 1.54) is 20.1 Å². The van der Waals surface area contributed by atoms with Crippen LogP contribution < -0.4 is 9.88 Å². The number of hydrogen-bond acceptors (Lipinski definition) is 4. The third-order valence-electron chi connectivity index (χ3n) is 2.09. The number of Topliss-reactive ketones (excluding diaryl/α,β-unsaturated/α-hetero) is 1. The van der Waals surface area contributed by atoms with Gasteiger partial charge in [-0.05, 0) is 31.5 Å². The Bertz CT molecular complexity index is 534. The summed E-state index contributed by atoms with van der Waals surface area (Å²) in [5.41, 5.74) is 0.849. The molecule has 0 spiro atoms. The average Bonchev–Trinajstić information content (AvgIpc) is 2.14. The van der Waals surface area contributed by atoms with Gasteiger partial charge in [-0.25, -0.2) is 13.6 Å². The van der Waals surface area contributed by atoms with Crippen LogP contribution in [0.15, 0.2) is 17.0 Å². The lowest BCUT2D eigenvalue weighted by Gasteiger charge is -2.11. The van der Waals surface area contributed by atoms with Crippen LogP contribution in [0.25, 0.3) is 0 Å². The minimum Gasteiger partial charge on any atom is -0.495 e. The third-order valence-corrected chi connectivity index (χ3v) is 3.01. The highest BCUT2D eigenvalue weighted by Gasteiger charge is 2.20. The Balaban J connectivity index is 3.68. The first-order chi connectivity index (χ1) is 7.27. The molecule has 1 rings (SSSR count). The molecule has 0 radical (unpaired) electrons. The lowest BCUT2D eigenvalue weighted by Crippen LogP contribution is -2.15. The van der Waals surface area contributed by atoms with Crippen LogP contribution in [0.4, 0.5) is 0 Å². The smallest absolute Gasteiger partial charge is 0.241 e. The fourth-order valence-electron chi connectivity index (χ4n) is 1.42. The van der Waals surface area contributed by atoms with Crippen molar-refractivity contribution in [1.82, 2.24) is 0 Å². The molecule has 0 unspecified atom stereocenters. The van der Waals surface area contributed by atoms with Gasteiger partial charge >= 0.3 is 0 Å². The van der Waals surface area contributed by atoms with E-state index in [0.717, 1.165) is 0 Å². The van der Waals surface area contributed by atoms with E-state index >= 15 is 0 Å². The average molecular weight is 243 g/mol. The molecule has 0 aliphatic rings. The molecule has 6 heteroatoms. The molecule has 1 aromatic rings. The van der Waals surface area contributed by atoms with Gasteiger partial charge in [0.25, 0.3) is 0 Å². The standard InChI is InChI=1S/C10H13NO4S/c1-6-4-8(7(2)12)10(15-3)9(5-6)16(11,13)14/h4-5H,1-3H3,(H2,11,13,14). The van der Waals surface area contributed by atoms with Crippen molar-refractivity contribution in [3.8, 4) is 5.75 Å². The minimum atomic E-state index is -3.90. The van der Waals surface area contributed by atoms with Gasteiger partial charge < -0.3 is 4.74 Å².